The number of aliphatic hydroxyl groups is 2. The summed E-state index contributed by atoms with van der Waals surface area (Å²) < 4.78 is 9.43. The molecule has 1 aliphatic carbocycles. The average molecular weight is 186 g/mol. The molecule has 2 rings (SSSR count). The van der Waals surface area contributed by atoms with Gasteiger partial charge in [0.1, 0.15) is 12.2 Å². The first-order valence-electron chi connectivity index (χ1n) is 4.01. The van der Waals surface area contributed by atoms with Crippen LogP contribution in [-0.4, -0.2) is 40.8 Å². The number of carbonyl (C=O) groups excluding carboxylic acids is 1. The van der Waals surface area contributed by atoms with Crippen molar-refractivity contribution in [3.8, 4) is 0 Å². The van der Waals surface area contributed by atoms with E-state index in [-0.39, 0.29) is 0 Å². The molecule has 0 saturated carbocycles. The highest BCUT2D eigenvalue weighted by Crippen LogP contribution is 2.28. The molecule has 0 amide bonds. The number of carbonyl (C=O) groups is 1. The van der Waals surface area contributed by atoms with E-state index in [2.05, 4.69) is 4.74 Å². The fourth-order valence-corrected chi connectivity index (χ4v) is 1.58. The maximum Gasteiger partial charge on any atom is 0.509 e. The largest absolute Gasteiger partial charge is 0.509 e. The van der Waals surface area contributed by atoms with E-state index in [1.165, 1.54) is 0 Å². The van der Waals surface area contributed by atoms with Crippen LogP contribution in [0, 0.1) is 0 Å². The Balaban J connectivity index is 2.28. The van der Waals surface area contributed by atoms with Gasteiger partial charge >= 0.3 is 6.16 Å². The van der Waals surface area contributed by atoms with Crippen molar-refractivity contribution in [2.75, 3.05) is 0 Å². The van der Waals surface area contributed by atoms with Crippen molar-refractivity contribution in [3.63, 3.8) is 0 Å². The summed E-state index contributed by atoms with van der Waals surface area (Å²) in [6.45, 7) is 1.66. The zero-order valence-corrected chi connectivity index (χ0v) is 7.01. The van der Waals surface area contributed by atoms with Gasteiger partial charge in [-0.05, 0) is 18.6 Å². The normalized spacial score (nSPS) is 43.3. The van der Waals surface area contributed by atoms with E-state index in [1.807, 2.05) is 0 Å². The Morgan fingerprint density at radius 2 is 2.08 bits per heavy atom. The lowest BCUT2D eigenvalue weighted by molar-refractivity contribution is -0.0492. The molecule has 5 heteroatoms. The molecule has 13 heavy (non-hydrogen) atoms. The molecular weight excluding hydrogens is 176 g/mol. The third kappa shape index (κ3) is 1.20. The van der Waals surface area contributed by atoms with Crippen molar-refractivity contribution in [1.82, 2.24) is 0 Å². The van der Waals surface area contributed by atoms with Gasteiger partial charge in [-0.1, -0.05) is 0 Å². The third-order valence-corrected chi connectivity index (χ3v) is 2.34. The van der Waals surface area contributed by atoms with Crippen LogP contribution in [0.15, 0.2) is 11.6 Å². The molecule has 2 aliphatic rings. The SMILES string of the molecule is CC1=C[C@H]2OC(=O)O[C@@H]2[C@@H](O)[C@@H]1O. The van der Waals surface area contributed by atoms with Gasteiger partial charge in [0.25, 0.3) is 0 Å². The maximum atomic E-state index is 10.7. The molecule has 4 atom stereocenters. The van der Waals surface area contributed by atoms with Gasteiger partial charge in [-0.15, -0.1) is 0 Å². The van der Waals surface area contributed by atoms with E-state index >= 15 is 0 Å². The number of rotatable bonds is 0. The number of hydrogen-bond acceptors (Lipinski definition) is 5. The minimum Gasteiger partial charge on any atom is -0.424 e. The van der Waals surface area contributed by atoms with E-state index < -0.39 is 30.6 Å². The molecule has 0 radical (unpaired) electrons. The van der Waals surface area contributed by atoms with Crippen LogP contribution in [0.25, 0.3) is 0 Å². The summed E-state index contributed by atoms with van der Waals surface area (Å²) in [6.07, 6.45) is -2.62. The summed E-state index contributed by atoms with van der Waals surface area (Å²) >= 11 is 0. The Morgan fingerprint density at radius 3 is 2.77 bits per heavy atom. The number of fused-ring (bicyclic) bond motifs is 1. The van der Waals surface area contributed by atoms with Crippen LogP contribution in [0.5, 0.6) is 0 Å². The standard InChI is InChI=1S/C8H10O5/c1-3-2-4-7(6(10)5(3)9)13-8(11)12-4/h2,4-7,9-10H,1H3/t4-,5-,6+,7+/m1/s1. The molecule has 0 spiro atoms. The van der Waals surface area contributed by atoms with Crippen molar-refractivity contribution in [2.45, 2.75) is 31.3 Å². The van der Waals surface area contributed by atoms with Crippen molar-refractivity contribution in [1.29, 1.82) is 0 Å². The zero-order chi connectivity index (χ0) is 9.59. The fourth-order valence-electron chi connectivity index (χ4n) is 1.58. The highest BCUT2D eigenvalue weighted by molar-refractivity contribution is 5.63. The Kier molecular flexibility index (Phi) is 1.78. The van der Waals surface area contributed by atoms with Crippen LogP contribution in [-0.2, 0) is 9.47 Å². The second-order valence-electron chi connectivity index (χ2n) is 3.26. The highest BCUT2D eigenvalue weighted by Gasteiger charge is 2.46. The molecule has 0 bridgehead atoms. The van der Waals surface area contributed by atoms with Crippen LogP contribution in [0.1, 0.15) is 6.92 Å². The van der Waals surface area contributed by atoms with Gasteiger partial charge in [-0.3, -0.25) is 0 Å². The minimum atomic E-state index is -1.10. The smallest absolute Gasteiger partial charge is 0.424 e. The van der Waals surface area contributed by atoms with Crippen LogP contribution >= 0.6 is 0 Å². The van der Waals surface area contributed by atoms with Crippen molar-refractivity contribution >= 4 is 6.16 Å². The molecule has 0 unspecified atom stereocenters. The van der Waals surface area contributed by atoms with Crippen molar-refractivity contribution < 1.29 is 24.5 Å². The summed E-state index contributed by atoms with van der Waals surface area (Å²) in [6, 6.07) is 0. The first-order valence-corrected chi connectivity index (χ1v) is 4.01. The van der Waals surface area contributed by atoms with Gasteiger partial charge in [-0.25, -0.2) is 4.79 Å². The van der Waals surface area contributed by atoms with E-state index in [9.17, 15) is 15.0 Å². The summed E-state index contributed by atoms with van der Waals surface area (Å²) in [5.74, 6) is 0. The Bertz CT molecular complexity index is 272. The van der Waals surface area contributed by atoms with Crippen LogP contribution in [0.3, 0.4) is 0 Å². The molecule has 0 aromatic rings. The molecule has 2 N–H and O–H groups in total. The van der Waals surface area contributed by atoms with Gasteiger partial charge in [0.2, 0.25) is 0 Å². The van der Waals surface area contributed by atoms with E-state index in [1.54, 1.807) is 13.0 Å². The van der Waals surface area contributed by atoms with Gasteiger partial charge in [-0.2, -0.15) is 0 Å². The molecule has 0 aromatic heterocycles. The Morgan fingerprint density at radius 1 is 1.38 bits per heavy atom. The first kappa shape index (κ1) is 8.52. The number of ether oxygens (including phenoxy) is 2. The van der Waals surface area contributed by atoms with Gasteiger partial charge < -0.3 is 19.7 Å². The van der Waals surface area contributed by atoms with Crippen molar-refractivity contribution in [2.24, 2.45) is 0 Å². The minimum absolute atomic E-state index is 0.564. The molecule has 1 fully saturated rings. The summed E-state index contributed by atoms with van der Waals surface area (Å²) in [5, 5.41) is 18.9. The quantitative estimate of drug-likeness (QED) is 0.396. The number of hydrogen-bond donors (Lipinski definition) is 2. The molecule has 1 saturated heterocycles. The van der Waals surface area contributed by atoms with Crippen LogP contribution in [0.4, 0.5) is 4.79 Å². The molecule has 0 aromatic carbocycles. The van der Waals surface area contributed by atoms with Crippen LogP contribution in [0.2, 0.25) is 0 Å². The Labute approximate surface area is 74.6 Å². The lowest BCUT2D eigenvalue weighted by Gasteiger charge is -2.28. The predicted octanol–water partition coefficient (Wildman–Crippen LogP) is -0.428. The summed E-state index contributed by atoms with van der Waals surface area (Å²) in [4.78, 5) is 10.7. The molecule has 72 valence electrons. The van der Waals surface area contributed by atoms with Crippen molar-refractivity contribution in [3.05, 3.63) is 11.6 Å². The zero-order valence-electron chi connectivity index (χ0n) is 7.01. The maximum absolute atomic E-state index is 10.7. The lowest BCUT2D eigenvalue weighted by atomic mass is 9.91. The second-order valence-corrected chi connectivity index (χ2v) is 3.26. The monoisotopic (exact) mass is 186 g/mol. The summed E-state index contributed by atoms with van der Waals surface area (Å²) in [5.41, 5.74) is 0.590. The molecule has 1 heterocycles. The van der Waals surface area contributed by atoms with E-state index in [4.69, 9.17) is 4.74 Å². The second kappa shape index (κ2) is 2.71. The topological polar surface area (TPSA) is 76.0 Å². The van der Waals surface area contributed by atoms with E-state index in [0.29, 0.717) is 5.57 Å². The first-order chi connectivity index (χ1) is 6.09. The Hall–Kier alpha value is -1.07. The van der Waals surface area contributed by atoms with Gasteiger partial charge in [0.05, 0.1) is 0 Å². The molecular formula is C8H10O5. The van der Waals surface area contributed by atoms with Gasteiger partial charge in [0, 0.05) is 0 Å². The fraction of sp³-hybridized carbons (Fsp3) is 0.625. The number of aliphatic hydroxyl groups excluding tert-OH is 2. The van der Waals surface area contributed by atoms with Crippen LogP contribution < -0.4 is 0 Å². The van der Waals surface area contributed by atoms with Gasteiger partial charge in [0.15, 0.2) is 12.2 Å². The molecule has 1 aliphatic heterocycles. The van der Waals surface area contributed by atoms with E-state index in [0.717, 1.165) is 0 Å². The lowest BCUT2D eigenvalue weighted by Crippen LogP contribution is -2.46. The average Bonchev–Trinajstić information content (AvgIpc) is 2.42. The third-order valence-electron chi connectivity index (χ3n) is 2.34. The highest BCUT2D eigenvalue weighted by atomic mass is 16.8. The molecule has 5 nitrogen and oxygen atoms in total. The summed E-state index contributed by atoms with van der Waals surface area (Å²) in [7, 11) is 0. The predicted molar refractivity (Wildman–Crippen MR) is 40.9 cm³/mol.